The highest BCUT2D eigenvalue weighted by Crippen LogP contribution is 2.37. The van der Waals surface area contributed by atoms with Gasteiger partial charge in [-0.3, -0.25) is 4.98 Å². The van der Waals surface area contributed by atoms with Crippen molar-refractivity contribution >= 4 is 11.0 Å². The van der Waals surface area contributed by atoms with Crippen LogP contribution in [0.15, 0.2) is 59.3 Å². The molecule has 1 unspecified atom stereocenters. The Hall–Kier alpha value is -2.13. The number of rotatable bonds is 3. The van der Waals surface area contributed by atoms with Crippen molar-refractivity contribution in [2.24, 2.45) is 0 Å². The summed E-state index contributed by atoms with van der Waals surface area (Å²) >= 11 is 0. The molecule has 1 atom stereocenters. The molecule has 2 heterocycles. The van der Waals surface area contributed by atoms with Gasteiger partial charge in [-0.25, -0.2) is 0 Å². The molecule has 0 aliphatic carbocycles. The van der Waals surface area contributed by atoms with Gasteiger partial charge in [0.2, 0.25) is 0 Å². The maximum Gasteiger partial charge on any atom is 0.156 e. The van der Waals surface area contributed by atoms with Crippen LogP contribution in [-0.4, -0.2) is 15.7 Å². The molecule has 0 aliphatic heterocycles. The van der Waals surface area contributed by atoms with Crippen LogP contribution in [0.2, 0.25) is 0 Å². The Bertz CT molecular complexity index is 710. The number of aliphatic hydroxyl groups is 1. The maximum absolute atomic E-state index is 10.6. The van der Waals surface area contributed by atoms with Crippen LogP contribution in [0, 0.1) is 0 Å². The minimum atomic E-state index is -0.935. The van der Waals surface area contributed by atoms with E-state index in [0.717, 1.165) is 22.2 Å². The lowest BCUT2D eigenvalue weighted by Gasteiger charge is -2.29. The third-order valence-electron chi connectivity index (χ3n) is 3.51. The monoisotopic (exact) mass is 267 g/mol. The zero-order valence-corrected chi connectivity index (χ0v) is 11.6. The lowest BCUT2D eigenvalue weighted by molar-refractivity contribution is 0.0616. The van der Waals surface area contributed by atoms with Crippen molar-refractivity contribution in [3.8, 4) is 0 Å². The molecule has 0 bridgehead atoms. The molecule has 3 heteroatoms. The largest absolute Gasteiger partial charge is 0.462 e. The number of nitrogens with zero attached hydrogens (tertiary/aromatic N) is 1. The second-order valence-electron chi connectivity index (χ2n) is 5.53. The van der Waals surface area contributed by atoms with Crippen LogP contribution >= 0.6 is 0 Å². The molecule has 3 nitrogen and oxygen atoms in total. The first kappa shape index (κ1) is 12.9. The number of hydrogen-bond donors (Lipinski definition) is 1. The Morgan fingerprint density at radius 3 is 2.55 bits per heavy atom. The zero-order chi connectivity index (χ0) is 14.2. The average Bonchev–Trinajstić information content (AvgIpc) is 2.88. The Morgan fingerprint density at radius 2 is 1.85 bits per heavy atom. The number of benzene rings is 1. The van der Waals surface area contributed by atoms with E-state index < -0.39 is 5.60 Å². The number of hydrogen-bond acceptors (Lipinski definition) is 3. The van der Waals surface area contributed by atoms with Crippen molar-refractivity contribution < 1.29 is 9.52 Å². The summed E-state index contributed by atoms with van der Waals surface area (Å²) < 4.78 is 5.57. The Balaban J connectivity index is 2.23. The lowest BCUT2D eigenvalue weighted by atomic mass is 9.81. The van der Waals surface area contributed by atoms with E-state index >= 15 is 0 Å². The van der Waals surface area contributed by atoms with E-state index in [9.17, 15) is 5.11 Å². The fourth-order valence-corrected chi connectivity index (χ4v) is 2.67. The van der Waals surface area contributed by atoms with Crippen LogP contribution in [0.3, 0.4) is 0 Å². The van der Waals surface area contributed by atoms with E-state index in [1.165, 1.54) is 0 Å². The van der Waals surface area contributed by atoms with Gasteiger partial charge in [-0.1, -0.05) is 30.3 Å². The van der Waals surface area contributed by atoms with Crippen molar-refractivity contribution in [2.45, 2.75) is 25.4 Å². The van der Waals surface area contributed by atoms with E-state index in [2.05, 4.69) is 4.98 Å². The van der Waals surface area contributed by atoms with Gasteiger partial charge in [0.05, 0.1) is 23.5 Å². The fourth-order valence-electron chi connectivity index (χ4n) is 2.67. The summed E-state index contributed by atoms with van der Waals surface area (Å²) in [5, 5.41) is 11.6. The summed E-state index contributed by atoms with van der Waals surface area (Å²) in [5.41, 5.74) is 1.60. The Morgan fingerprint density at radius 1 is 1.10 bits per heavy atom. The molecular formula is C17H17NO2. The summed E-state index contributed by atoms with van der Waals surface area (Å²) in [6.07, 6.45) is 3.41. The minimum absolute atomic E-state index is 0.237. The molecular weight excluding hydrogens is 250 g/mol. The highest BCUT2D eigenvalue weighted by atomic mass is 16.3. The molecule has 0 saturated carbocycles. The first-order valence-electron chi connectivity index (χ1n) is 6.67. The third-order valence-corrected chi connectivity index (χ3v) is 3.51. The van der Waals surface area contributed by atoms with Gasteiger partial charge in [0.1, 0.15) is 0 Å². The summed E-state index contributed by atoms with van der Waals surface area (Å²) in [6.45, 7) is 3.60. The van der Waals surface area contributed by atoms with E-state index in [0.29, 0.717) is 0 Å². The highest BCUT2D eigenvalue weighted by Gasteiger charge is 2.33. The zero-order valence-electron chi connectivity index (χ0n) is 11.6. The van der Waals surface area contributed by atoms with Gasteiger partial charge < -0.3 is 9.52 Å². The van der Waals surface area contributed by atoms with Gasteiger partial charge in [-0.2, -0.15) is 0 Å². The summed E-state index contributed by atoms with van der Waals surface area (Å²) in [7, 11) is 0. The van der Waals surface area contributed by atoms with Gasteiger partial charge in [0, 0.05) is 11.6 Å². The molecule has 0 amide bonds. The molecule has 102 valence electrons. The van der Waals surface area contributed by atoms with Gasteiger partial charge in [0.25, 0.3) is 0 Å². The van der Waals surface area contributed by atoms with E-state index in [-0.39, 0.29) is 5.92 Å². The van der Waals surface area contributed by atoms with E-state index in [1.54, 1.807) is 26.3 Å². The van der Waals surface area contributed by atoms with Gasteiger partial charge in [-0.05, 0) is 31.5 Å². The van der Waals surface area contributed by atoms with E-state index in [4.69, 9.17) is 4.42 Å². The predicted molar refractivity (Wildman–Crippen MR) is 78.6 cm³/mol. The fraction of sp³-hybridized carbons (Fsp3) is 0.235. The molecule has 0 aliphatic rings. The summed E-state index contributed by atoms with van der Waals surface area (Å²) in [6, 6.07) is 13.7. The first-order valence-corrected chi connectivity index (χ1v) is 6.67. The Labute approximate surface area is 117 Å². The molecule has 1 N–H and O–H groups in total. The number of pyridine rings is 1. The van der Waals surface area contributed by atoms with Crippen molar-refractivity contribution in [3.63, 3.8) is 0 Å². The van der Waals surface area contributed by atoms with Crippen molar-refractivity contribution in [1.29, 1.82) is 0 Å². The van der Waals surface area contributed by atoms with Crippen LogP contribution in [-0.2, 0) is 0 Å². The maximum atomic E-state index is 10.6. The lowest BCUT2D eigenvalue weighted by Crippen LogP contribution is -2.30. The molecule has 20 heavy (non-hydrogen) atoms. The average molecular weight is 267 g/mol. The second kappa shape index (κ2) is 4.76. The van der Waals surface area contributed by atoms with Crippen LogP contribution in [0.25, 0.3) is 11.0 Å². The molecule has 1 aromatic carbocycles. The summed E-state index contributed by atoms with van der Waals surface area (Å²) in [4.78, 5) is 4.47. The molecule has 2 aromatic heterocycles. The molecule has 0 fully saturated rings. The topological polar surface area (TPSA) is 46.3 Å². The molecule has 0 radical (unpaired) electrons. The van der Waals surface area contributed by atoms with Crippen LogP contribution in [0.5, 0.6) is 0 Å². The molecule has 3 rings (SSSR count). The number of aromatic nitrogens is 1. The highest BCUT2D eigenvalue weighted by molar-refractivity contribution is 5.79. The van der Waals surface area contributed by atoms with Crippen LogP contribution < -0.4 is 0 Å². The standard InChI is InChI=1S/C17H17NO2/c1-17(2,19)14(12-6-4-3-5-7-12)15-16-13(8-10-18-15)9-11-20-16/h3-11,14,19H,1-2H3. The van der Waals surface area contributed by atoms with Crippen molar-refractivity contribution in [1.82, 2.24) is 4.98 Å². The van der Waals surface area contributed by atoms with Gasteiger partial charge in [0.15, 0.2) is 5.58 Å². The van der Waals surface area contributed by atoms with Crippen LogP contribution in [0.1, 0.15) is 31.0 Å². The smallest absolute Gasteiger partial charge is 0.156 e. The molecule has 0 saturated heterocycles. The summed E-state index contributed by atoms with van der Waals surface area (Å²) in [5.74, 6) is -0.237. The quantitative estimate of drug-likeness (QED) is 0.786. The molecule has 0 spiro atoms. The Kier molecular flexibility index (Phi) is 3.07. The first-order chi connectivity index (χ1) is 9.57. The number of fused-ring (bicyclic) bond motifs is 1. The van der Waals surface area contributed by atoms with Crippen molar-refractivity contribution in [3.05, 3.63) is 66.2 Å². The minimum Gasteiger partial charge on any atom is -0.462 e. The van der Waals surface area contributed by atoms with Gasteiger partial charge in [-0.15, -0.1) is 0 Å². The van der Waals surface area contributed by atoms with E-state index in [1.807, 2.05) is 42.5 Å². The molecule has 3 aromatic rings. The second-order valence-corrected chi connectivity index (χ2v) is 5.53. The van der Waals surface area contributed by atoms with Crippen LogP contribution in [0.4, 0.5) is 0 Å². The number of furan rings is 1. The normalized spacial score (nSPS) is 13.6. The van der Waals surface area contributed by atoms with Crippen molar-refractivity contribution in [2.75, 3.05) is 0 Å². The predicted octanol–water partition coefficient (Wildman–Crippen LogP) is 3.73. The van der Waals surface area contributed by atoms with Gasteiger partial charge >= 0.3 is 0 Å². The third kappa shape index (κ3) is 2.21. The SMILES string of the molecule is CC(C)(O)C(c1ccccc1)c1nccc2ccoc12.